The zero-order valence-corrected chi connectivity index (χ0v) is 17.1. The van der Waals surface area contributed by atoms with Crippen molar-refractivity contribution in [3.63, 3.8) is 0 Å². The van der Waals surface area contributed by atoms with Gasteiger partial charge in [-0.2, -0.15) is 0 Å². The molecule has 1 saturated heterocycles. The minimum absolute atomic E-state index is 0.170. The van der Waals surface area contributed by atoms with E-state index in [1.165, 1.54) is 11.8 Å². The molecule has 0 saturated carbocycles. The quantitative estimate of drug-likeness (QED) is 0.701. The summed E-state index contributed by atoms with van der Waals surface area (Å²) in [5.74, 6) is -0.247. The van der Waals surface area contributed by atoms with Crippen molar-refractivity contribution in [2.24, 2.45) is 4.99 Å². The molecule has 27 heavy (non-hydrogen) atoms. The second kappa shape index (κ2) is 8.40. The summed E-state index contributed by atoms with van der Waals surface area (Å²) in [5, 5.41) is -1.18. The highest BCUT2D eigenvalue weighted by molar-refractivity contribution is 8.18. The topological polar surface area (TPSA) is 63.6 Å². The number of sulfone groups is 1. The number of aryl methyl sites for hydroxylation is 1. The molecule has 0 aromatic heterocycles. The first-order valence-electron chi connectivity index (χ1n) is 9.08. The van der Waals surface area contributed by atoms with E-state index in [1.54, 1.807) is 24.3 Å². The van der Waals surface area contributed by atoms with Crippen LogP contribution < -0.4 is 0 Å². The second-order valence-corrected chi connectivity index (χ2v) is 9.93. The number of ketones is 1. The summed E-state index contributed by atoms with van der Waals surface area (Å²) >= 11 is 1.31. The number of carbonyl (C=O) groups excluding carboxylic acids is 1. The van der Waals surface area contributed by atoms with E-state index in [-0.39, 0.29) is 15.9 Å². The lowest BCUT2D eigenvalue weighted by molar-refractivity contribution is -0.116. The summed E-state index contributed by atoms with van der Waals surface area (Å²) in [5.41, 5.74) is 1.63. The Hall–Kier alpha value is -1.92. The molecule has 0 spiro atoms. The van der Waals surface area contributed by atoms with Crippen molar-refractivity contribution in [1.29, 1.82) is 0 Å². The molecule has 0 aliphatic carbocycles. The maximum atomic E-state index is 13.3. The number of para-hydroxylation sites is 1. The average Bonchev–Trinajstić information content (AvgIpc) is 2.97. The van der Waals surface area contributed by atoms with E-state index in [9.17, 15) is 13.2 Å². The predicted molar refractivity (Wildman–Crippen MR) is 112 cm³/mol. The summed E-state index contributed by atoms with van der Waals surface area (Å²) in [6, 6.07) is 15.8. The SMILES string of the molecule is CCCC[C@@H]1SC(=Nc2ccccc2)[C@@H](S(=O)(=O)c2ccc(C)cc2)C1=O. The van der Waals surface area contributed by atoms with E-state index in [4.69, 9.17) is 0 Å². The molecule has 2 aromatic rings. The minimum atomic E-state index is -3.83. The zero-order chi connectivity index (χ0) is 19.4. The number of hydrogen-bond acceptors (Lipinski definition) is 5. The van der Waals surface area contributed by atoms with Gasteiger partial charge >= 0.3 is 0 Å². The van der Waals surface area contributed by atoms with Crippen molar-refractivity contribution in [3.8, 4) is 0 Å². The van der Waals surface area contributed by atoms with Crippen LogP contribution in [0.1, 0.15) is 31.7 Å². The van der Waals surface area contributed by atoms with E-state index < -0.39 is 15.1 Å². The van der Waals surface area contributed by atoms with Crippen LogP contribution in [0.25, 0.3) is 0 Å². The van der Waals surface area contributed by atoms with Crippen LogP contribution in [0.3, 0.4) is 0 Å². The van der Waals surface area contributed by atoms with Gasteiger partial charge in [-0.05, 0) is 37.6 Å². The fourth-order valence-corrected chi connectivity index (χ4v) is 6.45. The Morgan fingerprint density at radius 1 is 1.04 bits per heavy atom. The predicted octanol–water partition coefficient (Wildman–Crippen LogP) is 4.74. The molecule has 6 heteroatoms. The van der Waals surface area contributed by atoms with Gasteiger partial charge < -0.3 is 0 Å². The van der Waals surface area contributed by atoms with Gasteiger partial charge in [0.15, 0.2) is 20.9 Å². The lowest BCUT2D eigenvalue weighted by Crippen LogP contribution is -2.34. The Labute approximate surface area is 165 Å². The number of hydrogen-bond donors (Lipinski definition) is 0. The third-order valence-corrected chi connectivity index (χ3v) is 8.01. The molecule has 0 radical (unpaired) electrons. The monoisotopic (exact) mass is 401 g/mol. The molecule has 0 amide bonds. The fourth-order valence-electron chi connectivity index (χ4n) is 3.01. The Morgan fingerprint density at radius 2 is 1.70 bits per heavy atom. The first-order valence-corrected chi connectivity index (χ1v) is 11.5. The highest BCUT2D eigenvalue weighted by atomic mass is 32.2. The lowest BCUT2D eigenvalue weighted by Gasteiger charge is -2.12. The third kappa shape index (κ3) is 4.33. The maximum absolute atomic E-state index is 13.3. The highest BCUT2D eigenvalue weighted by Gasteiger charge is 2.48. The van der Waals surface area contributed by atoms with Crippen molar-refractivity contribution in [2.75, 3.05) is 0 Å². The number of unbranched alkanes of at least 4 members (excludes halogenated alkanes) is 1. The van der Waals surface area contributed by atoms with Gasteiger partial charge in [-0.3, -0.25) is 4.79 Å². The van der Waals surface area contributed by atoms with Crippen molar-refractivity contribution in [2.45, 2.75) is 48.5 Å². The van der Waals surface area contributed by atoms with Crippen molar-refractivity contribution >= 4 is 38.1 Å². The fraction of sp³-hybridized carbons (Fsp3) is 0.333. The Kier molecular flexibility index (Phi) is 6.17. The molecule has 0 unspecified atom stereocenters. The lowest BCUT2D eigenvalue weighted by atomic mass is 10.1. The number of Topliss-reactive ketones (excluding diaryl/α,β-unsaturated/α-hetero) is 1. The van der Waals surface area contributed by atoms with Gasteiger partial charge in [0.05, 0.1) is 15.8 Å². The molecule has 2 atom stereocenters. The molecule has 0 N–H and O–H groups in total. The first kappa shape index (κ1) is 19.8. The van der Waals surface area contributed by atoms with Gasteiger partial charge in [-0.25, -0.2) is 13.4 Å². The van der Waals surface area contributed by atoms with Gasteiger partial charge in [-0.1, -0.05) is 67.4 Å². The van der Waals surface area contributed by atoms with E-state index in [1.807, 2.05) is 37.3 Å². The Balaban J connectivity index is 2.03. The molecule has 0 bridgehead atoms. The van der Waals surface area contributed by atoms with Crippen LogP contribution in [-0.2, 0) is 14.6 Å². The van der Waals surface area contributed by atoms with Crippen LogP contribution >= 0.6 is 11.8 Å². The highest BCUT2D eigenvalue weighted by Crippen LogP contribution is 2.37. The molecule has 1 aliphatic heterocycles. The maximum Gasteiger partial charge on any atom is 0.194 e. The molecule has 1 aliphatic rings. The van der Waals surface area contributed by atoms with E-state index >= 15 is 0 Å². The van der Waals surface area contributed by atoms with Gasteiger partial charge in [0, 0.05) is 0 Å². The van der Waals surface area contributed by atoms with E-state index in [0.29, 0.717) is 17.2 Å². The number of rotatable bonds is 6. The standard InChI is InChI=1S/C21H23NO3S2/c1-3-4-10-18-19(23)20(21(26-18)22-16-8-6-5-7-9-16)27(24,25)17-13-11-15(2)12-14-17/h5-9,11-14,18,20H,3-4,10H2,1-2H3/t18-,20-/m0/s1. The summed E-state index contributed by atoms with van der Waals surface area (Å²) in [7, 11) is -3.83. The summed E-state index contributed by atoms with van der Waals surface area (Å²) < 4.78 is 26.5. The smallest absolute Gasteiger partial charge is 0.194 e. The number of nitrogens with zero attached hydrogens (tertiary/aromatic N) is 1. The van der Waals surface area contributed by atoms with Crippen molar-refractivity contribution in [3.05, 3.63) is 60.2 Å². The average molecular weight is 402 g/mol. The van der Waals surface area contributed by atoms with Crippen LogP contribution in [0.2, 0.25) is 0 Å². The molecule has 1 heterocycles. The van der Waals surface area contributed by atoms with Gasteiger partial charge in [0.25, 0.3) is 0 Å². The number of aliphatic imine (C=N–C) groups is 1. The molecule has 1 fully saturated rings. The van der Waals surface area contributed by atoms with Crippen molar-refractivity contribution in [1.82, 2.24) is 0 Å². The summed E-state index contributed by atoms with van der Waals surface area (Å²) in [4.78, 5) is 17.7. The third-order valence-electron chi connectivity index (χ3n) is 4.54. The van der Waals surface area contributed by atoms with Gasteiger partial charge in [-0.15, -0.1) is 0 Å². The summed E-state index contributed by atoms with van der Waals surface area (Å²) in [6.45, 7) is 3.96. The number of carbonyl (C=O) groups is 1. The van der Waals surface area contributed by atoms with Crippen molar-refractivity contribution < 1.29 is 13.2 Å². The van der Waals surface area contributed by atoms with Crippen LogP contribution in [0.5, 0.6) is 0 Å². The Morgan fingerprint density at radius 3 is 2.33 bits per heavy atom. The van der Waals surface area contributed by atoms with Crippen LogP contribution in [0.15, 0.2) is 64.5 Å². The molecular weight excluding hydrogens is 378 g/mol. The molecule has 2 aromatic carbocycles. The zero-order valence-electron chi connectivity index (χ0n) is 15.5. The molecule has 3 rings (SSSR count). The molecule has 142 valence electrons. The number of thioether (sulfide) groups is 1. The van der Waals surface area contributed by atoms with Crippen LogP contribution in [0.4, 0.5) is 5.69 Å². The van der Waals surface area contributed by atoms with Gasteiger partial charge in [0.1, 0.15) is 5.04 Å². The van der Waals surface area contributed by atoms with E-state index in [2.05, 4.69) is 11.9 Å². The first-order chi connectivity index (χ1) is 12.9. The Bertz CT molecular complexity index is 935. The number of benzene rings is 2. The van der Waals surface area contributed by atoms with Crippen LogP contribution in [-0.4, -0.2) is 29.7 Å². The minimum Gasteiger partial charge on any atom is -0.296 e. The van der Waals surface area contributed by atoms with E-state index in [0.717, 1.165) is 18.4 Å². The van der Waals surface area contributed by atoms with Gasteiger partial charge in [0.2, 0.25) is 0 Å². The normalized spacial score (nSPS) is 21.7. The largest absolute Gasteiger partial charge is 0.296 e. The second-order valence-electron chi connectivity index (χ2n) is 6.67. The summed E-state index contributed by atoms with van der Waals surface area (Å²) in [6.07, 6.45) is 2.53. The molecular formula is C21H23NO3S2. The molecule has 4 nitrogen and oxygen atoms in total. The van der Waals surface area contributed by atoms with Crippen LogP contribution in [0, 0.1) is 6.92 Å².